The number of halogens is 1. The van der Waals surface area contributed by atoms with Crippen LogP contribution in [0.3, 0.4) is 0 Å². The zero-order chi connectivity index (χ0) is 11.8. The Labute approximate surface area is 99.8 Å². The van der Waals surface area contributed by atoms with Crippen LogP contribution in [0.25, 0.3) is 0 Å². The van der Waals surface area contributed by atoms with Gasteiger partial charge in [0.2, 0.25) is 10.0 Å². The molecule has 1 fully saturated rings. The number of hydrogen-bond donors (Lipinski definition) is 1. The maximum Gasteiger partial charge on any atom is 0.246 e. The first-order valence-electron chi connectivity index (χ1n) is 5.17. The molecule has 7 heteroatoms. The summed E-state index contributed by atoms with van der Waals surface area (Å²) in [7, 11) is -3.41. The van der Waals surface area contributed by atoms with Crippen LogP contribution < -0.4 is 0 Å². The van der Waals surface area contributed by atoms with Crippen molar-refractivity contribution in [3.8, 4) is 0 Å². The van der Waals surface area contributed by atoms with Gasteiger partial charge in [0, 0.05) is 13.1 Å². The molecule has 0 saturated carbocycles. The summed E-state index contributed by atoms with van der Waals surface area (Å²) in [6, 6.07) is 0. The maximum absolute atomic E-state index is 12.3. The van der Waals surface area contributed by atoms with Crippen molar-refractivity contribution in [2.75, 3.05) is 13.1 Å². The summed E-state index contributed by atoms with van der Waals surface area (Å²) in [4.78, 5) is 0.254. The average molecular weight is 264 g/mol. The SMILES string of the molecule is Cc1[nH]nc(CCl)c1S(=O)(=O)N1CCCC1. The molecule has 0 unspecified atom stereocenters. The number of rotatable bonds is 3. The fourth-order valence-corrected chi connectivity index (χ4v) is 4.08. The van der Waals surface area contributed by atoms with E-state index in [1.807, 2.05) is 0 Å². The van der Waals surface area contributed by atoms with E-state index in [4.69, 9.17) is 11.6 Å². The second-order valence-electron chi connectivity index (χ2n) is 3.87. The monoisotopic (exact) mass is 263 g/mol. The molecule has 1 aromatic rings. The molecule has 90 valence electrons. The molecule has 0 atom stereocenters. The van der Waals surface area contributed by atoms with Crippen LogP contribution in [0.2, 0.25) is 0 Å². The number of nitrogens with one attached hydrogen (secondary N) is 1. The number of aryl methyl sites for hydroxylation is 1. The molecular weight excluding hydrogens is 250 g/mol. The van der Waals surface area contributed by atoms with Crippen molar-refractivity contribution in [2.45, 2.75) is 30.5 Å². The highest BCUT2D eigenvalue weighted by molar-refractivity contribution is 7.89. The molecule has 16 heavy (non-hydrogen) atoms. The number of H-pyrrole nitrogens is 1. The molecule has 0 bridgehead atoms. The minimum absolute atomic E-state index is 0.104. The second kappa shape index (κ2) is 4.35. The zero-order valence-electron chi connectivity index (χ0n) is 9.03. The van der Waals surface area contributed by atoms with Crippen LogP contribution in [0, 0.1) is 6.92 Å². The minimum atomic E-state index is -3.41. The van der Waals surface area contributed by atoms with Gasteiger partial charge in [0.05, 0.1) is 17.3 Å². The van der Waals surface area contributed by atoms with Crippen LogP contribution in [0.5, 0.6) is 0 Å². The van der Waals surface area contributed by atoms with E-state index in [0.717, 1.165) is 12.8 Å². The number of aromatic nitrogens is 2. The Hall–Kier alpha value is -0.590. The number of aromatic amines is 1. The number of hydrogen-bond acceptors (Lipinski definition) is 3. The molecule has 1 saturated heterocycles. The van der Waals surface area contributed by atoms with Crippen LogP contribution in [-0.4, -0.2) is 36.0 Å². The van der Waals surface area contributed by atoms with Crippen LogP contribution in [-0.2, 0) is 15.9 Å². The lowest BCUT2D eigenvalue weighted by Gasteiger charge is -2.15. The fraction of sp³-hybridized carbons (Fsp3) is 0.667. The van der Waals surface area contributed by atoms with Crippen molar-refractivity contribution >= 4 is 21.6 Å². The van der Waals surface area contributed by atoms with E-state index in [1.165, 1.54) is 4.31 Å². The lowest BCUT2D eigenvalue weighted by molar-refractivity contribution is 0.476. The summed E-state index contributed by atoms with van der Waals surface area (Å²) in [6.07, 6.45) is 1.85. The van der Waals surface area contributed by atoms with Crippen LogP contribution in [0.4, 0.5) is 0 Å². The van der Waals surface area contributed by atoms with E-state index in [1.54, 1.807) is 6.92 Å². The van der Waals surface area contributed by atoms with Gasteiger partial charge in [0.15, 0.2) is 0 Å². The standard InChI is InChI=1S/C9H14ClN3O2S/c1-7-9(8(6-10)12-11-7)16(14,15)13-4-2-3-5-13/h2-6H2,1H3,(H,11,12). The molecule has 0 radical (unpaired) electrons. The summed E-state index contributed by atoms with van der Waals surface area (Å²) in [5.41, 5.74) is 0.966. The Morgan fingerprint density at radius 2 is 2.06 bits per heavy atom. The van der Waals surface area contributed by atoms with Crippen molar-refractivity contribution < 1.29 is 8.42 Å². The molecule has 1 N–H and O–H groups in total. The maximum atomic E-state index is 12.3. The molecule has 2 heterocycles. The molecule has 0 aromatic carbocycles. The summed E-state index contributed by atoms with van der Waals surface area (Å²) < 4.78 is 26.1. The van der Waals surface area contributed by atoms with Gasteiger partial charge in [-0.15, -0.1) is 11.6 Å². The molecule has 0 amide bonds. The van der Waals surface area contributed by atoms with Crippen molar-refractivity contribution in [3.05, 3.63) is 11.4 Å². The summed E-state index contributed by atoms with van der Waals surface area (Å²) in [5, 5.41) is 6.59. The summed E-state index contributed by atoms with van der Waals surface area (Å²) in [6.45, 7) is 2.88. The molecule has 1 aliphatic heterocycles. The summed E-state index contributed by atoms with van der Waals surface area (Å²) >= 11 is 5.69. The van der Waals surface area contributed by atoms with E-state index in [-0.39, 0.29) is 10.8 Å². The van der Waals surface area contributed by atoms with Gasteiger partial charge in [-0.1, -0.05) is 0 Å². The van der Waals surface area contributed by atoms with Crippen molar-refractivity contribution in [1.29, 1.82) is 0 Å². The first-order valence-corrected chi connectivity index (χ1v) is 7.15. The van der Waals surface area contributed by atoms with E-state index >= 15 is 0 Å². The van der Waals surface area contributed by atoms with Crippen LogP contribution in [0.1, 0.15) is 24.2 Å². The summed E-state index contributed by atoms with van der Waals surface area (Å²) in [5.74, 6) is 0.104. The van der Waals surface area contributed by atoms with E-state index in [0.29, 0.717) is 24.5 Å². The van der Waals surface area contributed by atoms with Gasteiger partial charge in [0.1, 0.15) is 4.90 Å². The third-order valence-corrected chi connectivity index (χ3v) is 5.11. The van der Waals surface area contributed by atoms with Gasteiger partial charge in [-0.2, -0.15) is 9.40 Å². The number of sulfonamides is 1. The largest absolute Gasteiger partial charge is 0.281 e. The second-order valence-corrected chi connectivity index (χ2v) is 6.01. The third-order valence-electron chi connectivity index (χ3n) is 2.75. The quantitative estimate of drug-likeness (QED) is 0.835. The smallest absolute Gasteiger partial charge is 0.246 e. The van der Waals surface area contributed by atoms with Gasteiger partial charge >= 0.3 is 0 Å². The van der Waals surface area contributed by atoms with Gasteiger partial charge < -0.3 is 0 Å². The van der Waals surface area contributed by atoms with Crippen molar-refractivity contribution in [2.24, 2.45) is 0 Å². The minimum Gasteiger partial charge on any atom is -0.281 e. The third kappa shape index (κ3) is 1.85. The van der Waals surface area contributed by atoms with Gasteiger partial charge in [0.25, 0.3) is 0 Å². The van der Waals surface area contributed by atoms with Crippen LogP contribution in [0.15, 0.2) is 4.90 Å². The topological polar surface area (TPSA) is 66.1 Å². The molecular formula is C9H14ClN3O2S. The highest BCUT2D eigenvalue weighted by Gasteiger charge is 2.32. The van der Waals surface area contributed by atoms with Gasteiger partial charge in [-0.3, -0.25) is 5.10 Å². The molecule has 5 nitrogen and oxygen atoms in total. The molecule has 2 rings (SSSR count). The molecule has 0 spiro atoms. The first-order chi connectivity index (χ1) is 7.57. The van der Waals surface area contributed by atoms with Crippen molar-refractivity contribution in [1.82, 2.24) is 14.5 Å². The van der Waals surface area contributed by atoms with E-state index < -0.39 is 10.0 Å². The predicted octanol–water partition coefficient (Wildman–Crippen LogP) is 1.24. The zero-order valence-corrected chi connectivity index (χ0v) is 10.6. The fourth-order valence-electron chi connectivity index (χ4n) is 1.96. The number of alkyl halides is 1. The van der Waals surface area contributed by atoms with Crippen LogP contribution >= 0.6 is 11.6 Å². The number of nitrogens with zero attached hydrogens (tertiary/aromatic N) is 2. The van der Waals surface area contributed by atoms with Crippen molar-refractivity contribution in [3.63, 3.8) is 0 Å². The highest BCUT2D eigenvalue weighted by Crippen LogP contribution is 2.25. The normalized spacial score (nSPS) is 18.1. The Balaban J connectivity index is 2.45. The van der Waals surface area contributed by atoms with Gasteiger partial charge in [-0.25, -0.2) is 8.42 Å². The van der Waals surface area contributed by atoms with E-state index in [2.05, 4.69) is 10.2 Å². The van der Waals surface area contributed by atoms with E-state index in [9.17, 15) is 8.42 Å². The molecule has 1 aromatic heterocycles. The lowest BCUT2D eigenvalue weighted by atomic mass is 10.4. The first kappa shape index (κ1) is 11.9. The molecule has 1 aliphatic rings. The Morgan fingerprint density at radius 1 is 1.44 bits per heavy atom. The Morgan fingerprint density at radius 3 is 2.62 bits per heavy atom. The lowest BCUT2D eigenvalue weighted by Crippen LogP contribution is -2.28. The Kier molecular flexibility index (Phi) is 3.23. The average Bonchev–Trinajstić information content (AvgIpc) is 2.85. The predicted molar refractivity (Wildman–Crippen MR) is 60.9 cm³/mol. The van der Waals surface area contributed by atoms with Gasteiger partial charge in [-0.05, 0) is 19.8 Å². The molecule has 0 aliphatic carbocycles. The Bertz CT molecular complexity index is 477. The highest BCUT2D eigenvalue weighted by atomic mass is 35.5.